The SMILES string of the molecule is COc1ccc(S(=O)(=O)N2CCC[C@@H]2c2ccnc3ncnn23)cc1. The molecule has 2 aromatic heterocycles. The summed E-state index contributed by atoms with van der Waals surface area (Å²) in [7, 11) is -2.07. The van der Waals surface area contributed by atoms with Gasteiger partial charge in [0.25, 0.3) is 5.78 Å². The van der Waals surface area contributed by atoms with Gasteiger partial charge in [-0.25, -0.2) is 13.4 Å². The van der Waals surface area contributed by atoms with E-state index in [0.717, 1.165) is 18.5 Å². The van der Waals surface area contributed by atoms with Crippen LogP contribution in [-0.4, -0.2) is 46.0 Å². The molecule has 0 amide bonds. The fourth-order valence-corrected chi connectivity index (χ4v) is 4.88. The van der Waals surface area contributed by atoms with Crippen LogP contribution in [0.4, 0.5) is 0 Å². The van der Waals surface area contributed by atoms with Gasteiger partial charge in [-0.1, -0.05) is 0 Å². The highest BCUT2D eigenvalue weighted by Crippen LogP contribution is 2.36. The smallest absolute Gasteiger partial charge is 0.252 e. The Bertz CT molecular complexity index is 1000. The molecule has 1 saturated heterocycles. The number of benzene rings is 1. The first-order valence-electron chi connectivity index (χ1n) is 7.92. The summed E-state index contributed by atoms with van der Waals surface area (Å²) in [5.74, 6) is 1.08. The van der Waals surface area contributed by atoms with Gasteiger partial charge in [0.15, 0.2) is 0 Å². The van der Waals surface area contributed by atoms with Gasteiger partial charge >= 0.3 is 0 Å². The van der Waals surface area contributed by atoms with Crippen LogP contribution in [0.2, 0.25) is 0 Å². The summed E-state index contributed by atoms with van der Waals surface area (Å²) < 4.78 is 34.5. The number of methoxy groups -OCH3 is 1. The number of ether oxygens (including phenoxy) is 1. The van der Waals surface area contributed by atoms with Crippen molar-refractivity contribution in [1.82, 2.24) is 23.9 Å². The third-order valence-electron chi connectivity index (χ3n) is 4.42. The van der Waals surface area contributed by atoms with Crippen LogP contribution in [0.15, 0.2) is 47.8 Å². The topological polar surface area (TPSA) is 89.7 Å². The minimum Gasteiger partial charge on any atom is -0.497 e. The number of hydrogen-bond donors (Lipinski definition) is 0. The van der Waals surface area contributed by atoms with Crippen LogP contribution in [0, 0.1) is 0 Å². The molecule has 0 spiro atoms. The molecule has 9 heteroatoms. The second-order valence-corrected chi connectivity index (χ2v) is 7.68. The second-order valence-electron chi connectivity index (χ2n) is 5.79. The normalized spacial score (nSPS) is 18.7. The molecule has 3 aromatic rings. The van der Waals surface area contributed by atoms with Gasteiger partial charge in [0, 0.05) is 12.7 Å². The van der Waals surface area contributed by atoms with Crippen molar-refractivity contribution in [3.8, 4) is 5.75 Å². The molecule has 0 saturated carbocycles. The second kappa shape index (κ2) is 6.08. The summed E-state index contributed by atoms with van der Waals surface area (Å²) in [5.41, 5.74) is 0.775. The van der Waals surface area contributed by atoms with Gasteiger partial charge in [-0.15, -0.1) is 0 Å². The van der Waals surface area contributed by atoms with Crippen LogP contribution in [-0.2, 0) is 10.0 Å². The monoisotopic (exact) mass is 359 g/mol. The fourth-order valence-electron chi connectivity index (χ4n) is 3.22. The zero-order valence-electron chi connectivity index (χ0n) is 13.6. The van der Waals surface area contributed by atoms with Crippen LogP contribution < -0.4 is 4.74 Å². The summed E-state index contributed by atoms with van der Waals surface area (Å²) in [6.45, 7) is 0.470. The lowest BCUT2D eigenvalue weighted by Gasteiger charge is -2.24. The standard InChI is InChI=1S/C16H17N5O3S/c1-24-12-4-6-13(7-5-12)25(22,23)20-10-2-3-14(20)15-8-9-17-16-18-11-19-21(15)16/h4-9,11,14H,2-3,10H2,1H3/t14-/m1/s1. The van der Waals surface area contributed by atoms with E-state index in [0.29, 0.717) is 18.1 Å². The zero-order chi connectivity index (χ0) is 17.4. The van der Waals surface area contributed by atoms with Crippen molar-refractivity contribution >= 4 is 15.8 Å². The van der Waals surface area contributed by atoms with Gasteiger partial charge in [-0.2, -0.15) is 18.9 Å². The maximum absolute atomic E-state index is 13.1. The van der Waals surface area contributed by atoms with Crippen molar-refractivity contribution in [3.63, 3.8) is 0 Å². The molecule has 1 aliphatic rings. The average molecular weight is 359 g/mol. The molecule has 0 aliphatic carbocycles. The molecule has 130 valence electrons. The predicted molar refractivity (Wildman–Crippen MR) is 89.6 cm³/mol. The molecule has 4 rings (SSSR count). The quantitative estimate of drug-likeness (QED) is 0.704. The molecule has 1 aromatic carbocycles. The number of aromatic nitrogens is 4. The number of rotatable bonds is 4. The highest BCUT2D eigenvalue weighted by atomic mass is 32.2. The summed E-state index contributed by atoms with van der Waals surface area (Å²) >= 11 is 0. The Balaban J connectivity index is 1.74. The number of nitrogens with zero attached hydrogens (tertiary/aromatic N) is 5. The largest absolute Gasteiger partial charge is 0.497 e. The summed E-state index contributed by atoms with van der Waals surface area (Å²) in [6.07, 6.45) is 4.58. The number of hydrogen-bond acceptors (Lipinski definition) is 6. The minimum absolute atomic E-state index is 0.254. The van der Waals surface area contributed by atoms with E-state index in [1.807, 2.05) is 0 Å². The third-order valence-corrected chi connectivity index (χ3v) is 6.34. The van der Waals surface area contributed by atoms with E-state index in [9.17, 15) is 8.42 Å². The molecule has 0 unspecified atom stereocenters. The molecule has 0 N–H and O–H groups in total. The average Bonchev–Trinajstić information content (AvgIpc) is 3.30. The van der Waals surface area contributed by atoms with Gasteiger partial charge < -0.3 is 4.74 Å². The molecular formula is C16H17N5O3S. The highest BCUT2D eigenvalue weighted by Gasteiger charge is 2.37. The maximum Gasteiger partial charge on any atom is 0.252 e. The summed E-state index contributed by atoms with van der Waals surface area (Å²) in [4.78, 5) is 8.47. The molecule has 0 radical (unpaired) electrons. The van der Waals surface area contributed by atoms with Gasteiger partial charge in [-0.3, -0.25) is 0 Å². The van der Waals surface area contributed by atoms with E-state index in [-0.39, 0.29) is 10.9 Å². The van der Waals surface area contributed by atoms with Crippen LogP contribution >= 0.6 is 0 Å². The van der Waals surface area contributed by atoms with Crippen LogP contribution in [0.3, 0.4) is 0 Å². The number of fused-ring (bicyclic) bond motifs is 1. The fraction of sp³-hybridized carbons (Fsp3) is 0.312. The highest BCUT2D eigenvalue weighted by molar-refractivity contribution is 7.89. The molecule has 8 nitrogen and oxygen atoms in total. The van der Waals surface area contributed by atoms with Gasteiger partial charge in [0.2, 0.25) is 10.0 Å². The lowest BCUT2D eigenvalue weighted by Crippen LogP contribution is -2.31. The first kappa shape index (κ1) is 16.0. The van der Waals surface area contributed by atoms with E-state index >= 15 is 0 Å². The van der Waals surface area contributed by atoms with Crippen molar-refractivity contribution < 1.29 is 13.2 Å². The molecule has 0 bridgehead atoms. The Kier molecular flexibility index (Phi) is 3.89. The van der Waals surface area contributed by atoms with E-state index < -0.39 is 10.0 Å². The van der Waals surface area contributed by atoms with Crippen molar-refractivity contribution in [2.24, 2.45) is 0 Å². The summed E-state index contributed by atoms with van der Waals surface area (Å²) in [5, 5.41) is 4.18. The zero-order valence-corrected chi connectivity index (χ0v) is 14.4. The van der Waals surface area contributed by atoms with Crippen LogP contribution in [0.25, 0.3) is 5.78 Å². The number of sulfonamides is 1. The Morgan fingerprint density at radius 2 is 1.96 bits per heavy atom. The molecule has 3 heterocycles. The van der Waals surface area contributed by atoms with Gasteiger partial charge in [-0.05, 0) is 43.2 Å². The van der Waals surface area contributed by atoms with Crippen LogP contribution in [0.5, 0.6) is 5.75 Å². The van der Waals surface area contributed by atoms with Crippen molar-refractivity contribution in [2.45, 2.75) is 23.8 Å². The summed E-state index contributed by atoms with van der Waals surface area (Å²) in [6, 6.07) is 7.95. The van der Waals surface area contributed by atoms with Gasteiger partial charge in [0.1, 0.15) is 12.1 Å². The Morgan fingerprint density at radius 3 is 2.72 bits per heavy atom. The first-order valence-corrected chi connectivity index (χ1v) is 9.36. The van der Waals surface area contributed by atoms with Crippen LogP contribution in [0.1, 0.15) is 24.6 Å². The minimum atomic E-state index is -3.62. The molecule has 1 atom stereocenters. The van der Waals surface area contributed by atoms with Crippen molar-refractivity contribution in [2.75, 3.05) is 13.7 Å². The van der Waals surface area contributed by atoms with E-state index in [1.54, 1.807) is 48.2 Å². The molecule has 25 heavy (non-hydrogen) atoms. The van der Waals surface area contributed by atoms with Gasteiger partial charge in [0.05, 0.1) is 23.7 Å². The van der Waals surface area contributed by atoms with Crippen molar-refractivity contribution in [3.05, 3.63) is 48.5 Å². The Labute approximate surface area is 145 Å². The van der Waals surface area contributed by atoms with Crippen molar-refractivity contribution in [1.29, 1.82) is 0 Å². The molecular weight excluding hydrogens is 342 g/mol. The third kappa shape index (κ3) is 2.65. The maximum atomic E-state index is 13.1. The van der Waals surface area contributed by atoms with E-state index in [2.05, 4.69) is 15.1 Å². The molecule has 1 aliphatic heterocycles. The molecule has 1 fully saturated rings. The Hall–Kier alpha value is -2.52. The lowest BCUT2D eigenvalue weighted by molar-refractivity contribution is 0.385. The first-order chi connectivity index (χ1) is 12.1. The Morgan fingerprint density at radius 1 is 1.16 bits per heavy atom. The predicted octanol–water partition coefficient (Wildman–Crippen LogP) is 1.66. The lowest BCUT2D eigenvalue weighted by atomic mass is 10.1. The van der Waals surface area contributed by atoms with E-state index in [1.165, 1.54) is 10.6 Å². The van der Waals surface area contributed by atoms with E-state index in [4.69, 9.17) is 4.74 Å².